The Balaban J connectivity index is 1.88. The predicted octanol–water partition coefficient (Wildman–Crippen LogP) is 2.28. The van der Waals surface area contributed by atoms with Gasteiger partial charge in [0.2, 0.25) is 5.91 Å². The average molecular weight is 358 g/mol. The van der Waals surface area contributed by atoms with E-state index in [9.17, 15) is 18.8 Å². The van der Waals surface area contributed by atoms with Gasteiger partial charge >= 0.3 is 5.97 Å². The maximum absolute atomic E-state index is 13.0. The second-order valence-electron chi connectivity index (χ2n) is 5.71. The van der Waals surface area contributed by atoms with E-state index >= 15 is 0 Å². The van der Waals surface area contributed by atoms with Gasteiger partial charge in [0.1, 0.15) is 17.6 Å². The van der Waals surface area contributed by atoms with Gasteiger partial charge in [-0.15, -0.1) is 0 Å². The first-order chi connectivity index (χ1) is 12.4. The number of benzene rings is 2. The normalized spacial score (nSPS) is 14.2. The van der Waals surface area contributed by atoms with Crippen molar-refractivity contribution >= 4 is 29.2 Å². The van der Waals surface area contributed by atoms with Gasteiger partial charge in [0.25, 0.3) is 5.91 Å². The van der Waals surface area contributed by atoms with Crippen molar-refractivity contribution in [1.29, 1.82) is 0 Å². The maximum Gasteiger partial charge on any atom is 0.335 e. The molecule has 0 bridgehead atoms. The standard InChI is InChI=1S/C18H15FN2O5/c1-10(17(23)20-13-5-3-12(19)4-6-13)21-14-8-11(18(24)25)2-7-15(14)26-9-16(21)22/h2-8,10H,9H2,1H3,(H,20,23)(H,24,25). The van der Waals surface area contributed by atoms with Crippen molar-refractivity contribution in [2.75, 3.05) is 16.8 Å². The maximum atomic E-state index is 13.0. The fraction of sp³-hybridized carbons (Fsp3) is 0.167. The van der Waals surface area contributed by atoms with Crippen LogP contribution in [0.15, 0.2) is 42.5 Å². The Morgan fingerprint density at radius 3 is 2.58 bits per heavy atom. The first kappa shape index (κ1) is 17.4. The van der Waals surface area contributed by atoms with Crippen molar-refractivity contribution in [3.05, 3.63) is 53.8 Å². The number of nitrogens with one attached hydrogen (secondary N) is 1. The van der Waals surface area contributed by atoms with E-state index < -0.39 is 29.6 Å². The zero-order valence-corrected chi connectivity index (χ0v) is 13.7. The number of carbonyl (C=O) groups excluding carboxylic acids is 2. The molecule has 1 aliphatic rings. The van der Waals surface area contributed by atoms with E-state index in [-0.39, 0.29) is 17.9 Å². The van der Waals surface area contributed by atoms with Gasteiger partial charge in [-0.05, 0) is 49.4 Å². The summed E-state index contributed by atoms with van der Waals surface area (Å²) in [7, 11) is 0. The van der Waals surface area contributed by atoms with Gasteiger partial charge in [0.05, 0.1) is 11.3 Å². The summed E-state index contributed by atoms with van der Waals surface area (Å²) in [5.74, 6) is -2.25. The number of fused-ring (bicyclic) bond motifs is 1. The Bertz CT molecular complexity index is 882. The molecule has 134 valence electrons. The number of hydrogen-bond acceptors (Lipinski definition) is 4. The van der Waals surface area contributed by atoms with Gasteiger partial charge in [0.15, 0.2) is 6.61 Å². The van der Waals surface area contributed by atoms with E-state index in [0.29, 0.717) is 11.4 Å². The molecule has 26 heavy (non-hydrogen) atoms. The summed E-state index contributed by atoms with van der Waals surface area (Å²) < 4.78 is 18.3. The van der Waals surface area contributed by atoms with Gasteiger partial charge < -0.3 is 15.2 Å². The fourth-order valence-corrected chi connectivity index (χ4v) is 2.63. The number of aromatic carboxylic acids is 1. The molecule has 0 aromatic heterocycles. The summed E-state index contributed by atoms with van der Waals surface area (Å²) >= 11 is 0. The predicted molar refractivity (Wildman–Crippen MR) is 90.9 cm³/mol. The van der Waals surface area contributed by atoms with Crippen molar-refractivity contribution in [3.8, 4) is 5.75 Å². The third-order valence-electron chi connectivity index (χ3n) is 3.96. The molecule has 0 saturated carbocycles. The van der Waals surface area contributed by atoms with Crippen molar-refractivity contribution in [3.63, 3.8) is 0 Å². The Labute approximate surface area is 148 Å². The fourth-order valence-electron chi connectivity index (χ4n) is 2.63. The Hall–Kier alpha value is -3.42. The van der Waals surface area contributed by atoms with Crippen LogP contribution in [0.4, 0.5) is 15.8 Å². The van der Waals surface area contributed by atoms with Gasteiger partial charge in [-0.2, -0.15) is 0 Å². The second-order valence-corrected chi connectivity index (χ2v) is 5.71. The van der Waals surface area contributed by atoms with Crippen LogP contribution in [0.1, 0.15) is 17.3 Å². The zero-order chi connectivity index (χ0) is 18.8. The number of carboxylic acids is 1. The summed E-state index contributed by atoms with van der Waals surface area (Å²) in [6.45, 7) is 1.26. The number of rotatable bonds is 4. The summed E-state index contributed by atoms with van der Waals surface area (Å²) in [5, 5.41) is 11.7. The molecule has 2 N–H and O–H groups in total. The smallest absolute Gasteiger partial charge is 0.335 e. The van der Waals surface area contributed by atoms with E-state index in [2.05, 4.69) is 5.32 Å². The number of anilines is 2. The third kappa shape index (κ3) is 3.34. The number of nitrogens with zero attached hydrogens (tertiary/aromatic N) is 1. The van der Waals surface area contributed by atoms with Crippen LogP contribution in [-0.2, 0) is 9.59 Å². The first-order valence-electron chi connectivity index (χ1n) is 7.75. The quantitative estimate of drug-likeness (QED) is 0.874. The van der Waals surface area contributed by atoms with Gasteiger partial charge in [-0.1, -0.05) is 0 Å². The molecule has 1 atom stereocenters. The monoisotopic (exact) mass is 358 g/mol. The molecule has 0 spiro atoms. The van der Waals surface area contributed by atoms with Crippen LogP contribution in [-0.4, -0.2) is 35.5 Å². The van der Waals surface area contributed by atoms with E-state index in [1.54, 1.807) is 0 Å². The molecule has 2 aromatic rings. The lowest BCUT2D eigenvalue weighted by Gasteiger charge is -2.33. The summed E-state index contributed by atoms with van der Waals surface area (Å²) in [4.78, 5) is 37.2. The second kappa shape index (κ2) is 6.83. The molecule has 0 saturated heterocycles. The van der Waals surface area contributed by atoms with Crippen LogP contribution in [0, 0.1) is 5.82 Å². The molecule has 0 aliphatic carbocycles. The van der Waals surface area contributed by atoms with Crippen molar-refractivity contribution < 1.29 is 28.6 Å². The highest BCUT2D eigenvalue weighted by Crippen LogP contribution is 2.34. The van der Waals surface area contributed by atoms with E-state index in [1.807, 2.05) is 0 Å². The number of ether oxygens (including phenoxy) is 1. The summed E-state index contributed by atoms with van der Waals surface area (Å²) in [6.07, 6.45) is 0. The SMILES string of the molecule is CC(C(=O)Nc1ccc(F)cc1)N1C(=O)COc2ccc(C(=O)O)cc21. The van der Waals surface area contributed by atoms with Crippen LogP contribution in [0.5, 0.6) is 5.75 Å². The van der Waals surface area contributed by atoms with Crippen molar-refractivity contribution in [2.24, 2.45) is 0 Å². The number of halogens is 1. The number of hydrogen-bond donors (Lipinski definition) is 2. The highest BCUT2D eigenvalue weighted by Gasteiger charge is 2.33. The molecule has 2 amide bonds. The zero-order valence-electron chi connectivity index (χ0n) is 13.7. The van der Waals surface area contributed by atoms with Crippen LogP contribution >= 0.6 is 0 Å². The molecule has 2 aromatic carbocycles. The Morgan fingerprint density at radius 1 is 1.23 bits per heavy atom. The van der Waals surface area contributed by atoms with E-state index in [4.69, 9.17) is 9.84 Å². The Kier molecular flexibility index (Phi) is 4.57. The van der Waals surface area contributed by atoms with Crippen molar-refractivity contribution in [1.82, 2.24) is 0 Å². The minimum Gasteiger partial charge on any atom is -0.482 e. The van der Waals surface area contributed by atoms with E-state index in [1.165, 1.54) is 54.3 Å². The van der Waals surface area contributed by atoms with E-state index in [0.717, 1.165) is 0 Å². The molecule has 1 aliphatic heterocycles. The van der Waals surface area contributed by atoms with Crippen molar-refractivity contribution in [2.45, 2.75) is 13.0 Å². The first-order valence-corrected chi connectivity index (χ1v) is 7.75. The largest absolute Gasteiger partial charge is 0.482 e. The van der Waals surface area contributed by atoms with Crippen LogP contribution < -0.4 is 15.0 Å². The lowest BCUT2D eigenvalue weighted by molar-refractivity contribution is -0.125. The molecule has 3 rings (SSSR count). The lowest BCUT2D eigenvalue weighted by atomic mass is 10.1. The molecule has 1 unspecified atom stereocenters. The van der Waals surface area contributed by atoms with Crippen LogP contribution in [0.2, 0.25) is 0 Å². The number of amides is 2. The molecular formula is C18H15FN2O5. The molecule has 0 fully saturated rings. The number of carboxylic acid groups (broad SMARTS) is 1. The average Bonchev–Trinajstić information content (AvgIpc) is 2.62. The minimum atomic E-state index is -1.16. The lowest BCUT2D eigenvalue weighted by Crippen LogP contribution is -2.49. The molecule has 1 heterocycles. The summed E-state index contributed by atoms with van der Waals surface area (Å²) in [6, 6.07) is 8.37. The molecular weight excluding hydrogens is 343 g/mol. The summed E-state index contributed by atoms with van der Waals surface area (Å²) in [5.41, 5.74) is 0.560. The highest BCUT2D eigenvalue weighted by atomic mass is 19.1. The van der Waals surface area contributed by atoms with Crippen LogP contribution in [0.3, 0.4) is 0 Å². The number of carbonyl (C=O) groups is 3. The molecule has 0 radical (unpaired) electrons. The molecule has 8 heteroatoms. The van der Waals surface area contributed by atoms with Gasteiger partial charge in [0, 0.05) is 5.69 Å². The van der Waals surface area contributed by atoms with Crippen LogP contribution in [0.25, 0.3) is 0 Å². The van der Waals surface area contributed by atoms with Gasteiger partial charge in [-0.25, -0.2) is 9.18 Å². The minimum absolute atomic E-state index is 0.0295. The topological polar surface area (TPSA) is 95.9 Å². The highest BCUT2D eigenvalue weighted by molar-refractivity contribution is 6.07. The molecule has 7 nitrogen and oxygen atoms in total. The Morgan fingerprint density at radius 2 is 1.92 bits per heavy atom. The van der Waals surface area contributed by atoms with Gasteiger partial charge in [-0.3, -0.25) is 14.5 Å². The third-order valence-corrected chi connectivity index (χ3v) is 3.96.